The number of nitrogens with one attached hydrogen (secondary N) is 2. The summed E-state index contributed by atoms with van der Waals surface area (Å²) < 4.78 is 0. The van der Waals surface area contributed by atoms with Gasteiger partial charge in [0.25, 0.3) is 0 Å². The molecule has 1 amide bonds. The van der Waals surface area contributed by atoms with Gasteiger partial charge in [0.05, 0.1) is 0 Å². The summed E-state index contributed by atoms with van der Waals surface area (Å²) >= 11 is 0. The van der Waals surface area contributed by atoms with Gasteiger partial charge in [-0.1, -0.05) is 6.42 Å². The molecule has 2 saturated heterocycles. The Labute approximate surface area is 117 Å². The molecule has 2 N–H and O–H groups in total. The molecule has 2 aliphatic heterocycles. The second-order valence-corrected chi connectivity index (χ2v) is 6.02. The lowest BCUT2D eigenvalue weighted by atomic mass is 9.96. The average molecular weight is 267 g/mol. The van der Waals surface area contributed by atoms with E-state index in [-0.39, 0.29) is 5.91 Å². The third kappa shape index (κ3) is 5.91. The molecule has 2 rings (SSSR count). The second-order valence-electron chi connectivity index (χ2n) is 6.02. The number of hydrogen-bond donors (Lipinski definition) is 2. The molecular weight excluding hydrogens is 238 g/mol. The second kappa shape index (κ2) is 8.54. The topological polar surface area (TPSA) is 44.4 Å². The van der Waals surface area contributed by atoms with Crippen LogP contribution in [0.2, 0.25) is 0 Å². The molecule has 0 aromatic heterocycles. The summed E-state index contributed by atoms with van der Waals surface area (Å²) in [7, 11) is 0. The van der Waals surface area contributed by atoms with Crippen LogP contribution in [0.5, 0.6) is 0 Å². The lowest BCUT2D eigenvalue weighted by Gasteiger charge is -2.26. The van der Waals surface area contributed by atoms with Crippen molar-refractivity contribution in [3.8, 4) is 0 Å². The van der Waals surface area contributed by atoms with Gasteiger partial charge in [-0.05, 0) is 70.7 Å². The zero-order valence-electron chi connectivity index (χ0n) is 12.1. The van der Waals surface area contributed by atoms with E-state index < -0.39 is 0 Å². The van der Waals surface area contributed by atoms with Crippen molar-refractivity contribution in [2.24, 2.45) is 5.92 Å². The molecule has 1 atom stereocenters. The van der Waals surface area contributed by atoms with Crippen LogP contribution in [-0.4, -0.2) is 50.1 Å². The molecule has 4 heteroatoms. The monoisotopic (exact) mass is 267 g/mol. The molecule has 0 radical (unpaired) electrons. The maximum atomic E-state index is 11.8. The van der Waals surface area contributed by atoms with Gasteiger partial charge in [0.2, 0.25) is 5.91 Å². The zero-order chi connectivity index (χ0) is 13.3. The number of amides is 1. The third-order valence-corrected chi connectivity index (χ3v) is 4.29. The van der Waals surface area contributed by atoms with Gasteiger partial charge in [0.15, 0.2) is 0 Å². The van der Waals surface area contributed by atoms with Crippen LogP contribution in [0, 0.1) is 5.92 Å². The van der Waals surface area contributed by atoms with Crippen molar-refractivity contribution < 1.29 is 4.79 Å². The normalized spacial score (nSPS) is 25.2. The molecule has 0 aromatic carbocycles. The number of carbonyl (C=O) groups is 1. The maximum absolute atomic E-state index is 11.8. The highest BCUT2D eigenvalue weighted by atomic mass is 16.1. The van der Waals surface area contributed by atoms with Crippen molar-refractivity contribution in [1.29, 1.82) is 0 Å². The fraction of sp³-hybridized carbons (Fsp3) is 0.933. The maximum Gasteiger partial charge on any atom is 0.220 e. The molecule has 0 aromatic rings. The predicted molar refractivity (Wildman–Crippen MR) is 78.1 cm³/mol. The summed E-state index contributed by atoms with van der Waals surface area (Å²) in [4.78, 5) is 14.3. The molecule has 110 valence electrons. The first-order chi connectivity index (χ1) is 9.34. The molecule has 0 bridgehead atoms. The van der Waals surface area contributed by atoms with Crippen LogP contribution in [0.15, 0.2) is 0 Å². The Balaban J connectivity index is 1.48. The number of nitrogens with zero attached hydrogens (tertiary/aromatic N) is 1. The van der Waals surface area contributed by atoms with Crippen LogP contribution in [0.4, 0.5) is 0 Å². The van der Waals surface area contributed by atoms with Crippen molar-refractivity contribution in [3.05, 3.63) is 0 Å². The summed E-state index contributed by atoms with van der Waals surface area (Å²) in [6.45, 7) is 6.62. The minimum absolute atomic E-state index is 0.243. The van der Waals surface area contributed by atoms with Crippen molar-refractivity contribution in [2.45, 2.75) is 44.9 Å². The minimum atomic E-state index is 0.243. The Kier molecular flexibility index (Phi) is 6.65. The Bertz CT molecular complexity index is 258. The number of likely N-dealkylation sites (tertiary alicyclic amines) is 1. The summed E-state index contributed by atoms with van der Waals surface area (Å²) in [6.07, 6.45) is 8.30. The minimum Gasteiger partial charge on any atom is -0.356 e. The van der Waals surface area contributed by atoms with Gasteiger partial charge in [0, 0.05) is 13.0 Å². The fourth-order valence-corrected chi connectivity index (χ4v) is 3.15. The number of carbonyl (C=O) groups excluding carboxylic acids is 1. The highest BCUT2D eigenvalue weighted by Crippen LogP contribution is 2.13. The molecule has 19 heavy (non-hydrogen) atoms. The van der Waals surface area contributed by atoms with Crippen LogP contribution in [0.25, 0.3) is 0 Å². The van der Waals surface area contributed by atoms with Crippen LogP contribution >= 0.6 is 0 Å². The Morgan fingerprint density at radius 3 is 2.79 bits per heavy atom. The lowest BCUT2D eigenvalue weighted by Crippen LogP contribution is -2.36. The van der Waals surface area contributed by atoms with E-state index in [0.29, 0.717) is 12.3 Å². The van der Waals surface area contributed by atoms with E-state index in [1.165, 1.54) is 45.2 Å². The number of piperidine rings is 2. The highest BCUT2D eigenvalue weighted by Gasteiger charge is 2.16. The summed E-state index contributed by atoms with van der Waals surface area (Å²) in [5, 5.41) is 6.44. The smallest absolute Gasteiger partial charge is 0.220 e. The first-order valence-corrected chi connectivity index (χ1v) is 8.04. The summed E-state index contributed by atoms with van der Waals surface area (Å²) in [5.74, 6) is 0.795. The van der Waals surface area contributed by atoms with Gasteiger partial charge in [-0.25, -0.2) is 0 Å². The molecule has 2 heterocycles. The lowest BCUT2D eigenvalue weighted by molar-refractivity contribution is -0.122. The SMILES string of the molecule is O=C(CC1CCCNC1)NCCCN1CCCCC1. The standard InChI is InChI=1S/C15H29N3O/c19-15(12-14-6-4-7-16-13-14)17-8-5-11-18-9-2-1-3-10-18/h14,16H,1-13H2,(H,17,19). The van der Waals surface area contributed by atoms with Crippen LogP contribution in [0.1, 0.15) is 44.9 Å². The van der Waals surface area contributed by atoms with Crippen molar-refractivity contribution >= 4 is 5.91 Å². The molecular formula is C15H29N3O. The molecule has 0 saturated carbocycles. The number of rotatable bonds is 6. The van der Waals surface area contributed by atoms with E-state index in [2.05, 4.69) is 15.5 Å². The van der Waals surface area contributed by atoms with E-state index in [1.807, 2.05) is 0 Å². The fourth-order valence-electron chi connectivity index (χ4n) is 3.15. The summed E-state index contributed by atoms with van der Waals surface area (Å²) in [5.41, 5.74) is 0. The van der Waals surface area contributed by atoms with E-state index in [9.17, 15) is 4.79 Å². The summed E-state index contributed by atoms with van der Waals surface area (Å²) in [6, 6.07) is 0. The number of hydrogen-bond acceptors (Lipinski definition) is 3. The zero-order valence-corrected chi connectivity index (χ0v) is 12.1. The molecule has 2 aliphatic rings. The van der Waals surface area contributed by atoms with E-state index in [4.69, 9.17) is 0 Å². The van der Waals surface area contributed by atoms with Gasteiger partial charge < -0.3 is 15.5 Å². The van der Waals surface area contributed by atoms with Crippen molar-refractivity contribution in [3.63, 3.8) is 0 Å². The Hall–Kier alpha value is -0.610. The van der Waals surface area contributed by atoms with E-state index in [1.54, 1.807) is 0 Å². The van der Waals surface area contributed by atoms with Gasteiger partial charge in [-0.15, -0.1) is 0 Å². The van der Waals surface area contributed by atoms with Gasteiger partial charge in [-0.2, -0.15) is 0 Å². The molecule has 2 fully saturated rings. The van der Waals surface area contributed by atoms with Crippen molar-refractivity contribution in [2.75, 3.05) is 39.3 Å². The Morgan fingerprint density at radius 2 is 2.05 bits per heavy atom. The van der Waals surface area contributed by atoms with E-state index >= 15 is 0 Å². The Morgan fingerprint density at radius 1 is 1.21 bits per heavy atom. The van der Waals surface area contributed by atoms with Gasteiger partial charge >= 0.3 is 0 Å². The first kappa shape index (κ1) is 14.8. The van der Waals surface area contributed by atoms with Gasteiger partial charge in [-0.3, -0.25) is 4.79 Å². The molecule has 0 spiro atoms. The average Bonchev–Trinajstić information content (AvgIpc) is 2.46. The predicted octanol–water partition coefficient (Wildman–Crippen LogP) is 1.37. The quantitative estimate of drug-likeness (QED) is 0.714. The van der Waals surface area contributed by atoms with Crippen LogP contribution in [0.3, 0.4) is 0 Å². The van der Waals surface area contributed by atoms with E-state index in [0.717, 1.165) is 32.6 Å². The molecule has 1 unspecified atom stereocenters. The third-order valence-electron chi connectivity index (χ3n) is 4.29. The van der Waals surface area contributed by atoms with Crippen LogP contribution < -0.4 is 10.6 Å². The molecule has 0 aliphatic carbocycles. The van der Waals surface area contributed by atoms with Crippen LogP contribution in [-0.2, 0) is 4.79 Å². The van der Waals surface area contributed by atoms with Gasteiger partial charge in [0.1, 0.15) is 0 Å². The highest BCUT2D eigenvalue weighted by molar-refractivity contribution is 5.76. The largest absolute Gasteiger partial charge is 0.356 e. The molecule has 4 nitrogen and oxygen atoms in total. The first-order valence-electron chi connectivity index (χ1n) is 8.04. The van der Waals surface area contributed by atoms with Crippen molar-refractivity contribution in [1.82, 2.24) is 15.5 Å².